The van der Waals surface area contributed by atoms with Gasteiger partial charge in [0.2, 0.25) is 0 Å². The number of fused-ring (bicyclic) bond motifs is 13. The first-order valence-corrected chi connectivity index (χ1v) is 21.9. The molecule has 0 N–H and O–H groups in total. The molecular formula is C58H35N3S. The van der Waals surface area contributed by atoms with Crippen molar-refractivity contribution < 1.29 is 0 Å². The fraction of sp³-hybridized carbons (Fsp3) is 0.0172. The van der Waals surface area contributed by atoms with E-state index >= 15 is 0 Å². The molecule has 11 aromatic rings. The second-order valence-corrected chi connectivity index (χ2v) is 17.3. The van der Waals surface area contributed by atoms with Crippen LogP contribution in [0, 0.1) is 0 Å². The Morgan fingerprint density at radius 3 is 1.47 bits per heavy atom. The molecule has 0 aliphatic heterocycles. The Balaban J connectivity index is 0.900. The van der Waals surface area contributed by atoms with Gasteiger partial charge in [0.1, 0.15) is 0 Å². The monoisotopic (exact) mass is 805 g/mol. The summed E-state index contributed by atoms with van der Waals surface area (Å²) >= 11 is 1.80. The number of rotatable bonds is 5. The normalized spacial score (nSPS) is 13.0. The molecule has 0 saturated heterocycles. The maximum absolute atomic E-state index is 5.20. The molecule has 0 unspecified atom stereocenters. The number of hydrogen-bond acceptors (Lipinski definition) is 4. The largest absolute Gasteiger partial charge is 0.208 e. The molecule has 2 aromatic heterocycles. The van der Waals surface area contributed by atoms with E-state index in [1.165, 1.54) is 75.8 Å². The first-order chi connectivity index (χ1) is 30.7. The van der Waals surface area contributed by atoms with Gasteiger partial charge in [-0.05, 0) is 85.0 Å². The maximum Gasteiger partial charge on any atom is 0.164 e. The third kappa shape index (κ3) is 5.14. The molecule has 0 radical (unpaired) electrons. The van der Waals surface area contributed by atoms with E-state index in [1.54, 1.807) is 11.3 Å². The van der Waals surface area contributed by atoms with Crippen LogP contribution in [-0.2, 0) is 5.41 Å². The summed E-state index contributed by atoms with van der Waals surface area (Å²) in [4.78, 5) is 15.4. The number of aromatic nitrogens is 3. The van der Waals surface area contributed by atoms with Crippen molar-refractivity contribution in [2.24, 2.45) is 0 Å². The molecule has 288 valence electrons. The minimum Gasteiger partial charge on any atom is -0.208 e. The molecule has 62 heavy (non-hydrogen) atoms. The summed E-state index contributed by atoms with van der Waals surface area (Å²) in [7, 11) is 0. The van der Waals surface area contributed by atoms with Crippen LogP contribution >= 0.6 is 11.3 Å². The van der Waals surface area contributed by atoms with Crippen LogP contribution in [0.1, 0.15) is 22.3 Å². The van der Waals surface area contributed by atoms with Gasteiger partial charge in [-0.15, -0.1) is 11.3 Å². The van der Waals surface area contributed by atoms with Crippen LogP contribution < -0.4 is 0 Å². The predicted molar refractivity (Wildman–Crippen MR) is 256 cm³/mol. The summed E-state index contributed by atoms with van der Waals surface area (Å²) in [6, 6.07) is 76.8. The molecule has 4 heteroatoms. The van der Waals surface area contributed by atoms with Crippen LogP contribution in [0.3, 0.4) is 0 Å². The van der Waals surface area contributed by atoms with Gasteiger partial charge in [-0.3, -0.25) is 0 Å². The first-order valence-electron chi connectivity index (χ1n) is 21.1. The van der Waals surface area contributed by atoms with E-state index in [0.29, 0.717) is 17.5 Å². The molecule has 3 nitrogen and oxygen atoms in total. The lowest BCUT2D eigenvalue weighted by Gasteiger charge is -2.30. The Labute approximate surface area is 363 Å². The summed E-state index contributed by atoms with van der Waals surface area (Å²) in [6.07, 6.45) is 0. The lowest BCUT2D eigenvalue weighted by molar-refractivity contribution is 0.794. The van der Waals surface area contributed by atoms with Crippen molar-refractivity contribution in [2.45, 2.75) is 5.41 Å². The molecule has 0 bridgehead atoms. The number of thiophene rings is 1. The van der Waals surface area contributed by atoms with Crippen molar-refractivity contribution in [1.82, 2.24) is 15.0 Å². The van der Waals surface area contributed by atoms with Crippen LogP contribution in [0.4, 0.5) is 0 Å². The van der Waals surface area contributed by atoms with Gasteiger partial charge in [0.25, 0.3) is 0 Å². The Hall–Kier alpha value is -7.79. The molecule has 2 heterocycles. The highest BCUT2D eigenvalue weighted by Gasteiger charge is 2.51. The fourth-order valence-corrected chi connectivity index (χ4v) is 11.4. The Bertz CT molecular complexity index is 3540. The van der Waals surface area contributed by atoms with Crippen molar-refractivity contribution in [1.29, 1.82) is 0 Å². The average Bonchev–Trinajstić information content (AvgIpc) is 3.98. The van der Waals surface area contributed by atoms with E-state index in [1.807, 2.05) is 18.2 Å². The van der Waals surface area contributed by atoms with Crippen molar-refractivity contribution in [3.8, 4) is 78.7 Å². The van der Waals surface area contributed by atoms with Crippen LogP contribution in [0.5, 0.6) is 0 Å². The highest BCUT2D eigenvalue weighted by atomic mass is 32.1. The van der Waals surface area contributed by atoms with E-state index < -0.39 is 0 Å². The number of hydrogen-bond donors (Lipinski definition) is 0. The van der Waals surface area contributed by atoms with Crippen molar-refractivity contribution in [3.63, 3.8) is 0 Å². The van der Waals surface area contributed by atoms with Crippen molar-refractivity contribution in [2.75, 3.05) is 0 Å². The molecule has 0 atom stereocenters. The van der Waals surface area contributed by atoms with Crippen molar-refractivity contribution >= 4 is 31.5 Å². The average molecular weight is 806 g/mol. The van der Waals surface area contributed by atoms with Crippen LogP contribution in [0.2, 0.25) is 0 Å². The summed E-state index contributed by atoms with van der Waals surface area (Å²) in [5.41, 5.74) is 17.7. The van der Waals surface area contributed by atoms with Gasteiger partial charge >= 0.3 is 0 Å². The highest BCUT2D eigenvalue weighted by Crippen LogP contribution is 2.63. The lowest BCUT2D eigenvalue weighted by Crippen LogP contribution is -2.25. The van der Waals surface area contributed by atoms with Crippen LogP contribution in [-0.4, -0.2) is 15.0 Å². The second kappa shape index (κ2) is 13.6. The first kappa shape index (κ1) is 35.0. The molecule has 2 aliphatic carbocycles. The molecule has 1 spiro atoms. The molecule has 2 aliphatic rings. The minimum absolute atomic E-state index is 0.341. The predicted octanol–water partition coefficient (Wildman–Crippen LogP) is 14.9. The molecule has 9 aromatic carbocycles. The topological polar surface area (TPSA) is 38.7 Å². The zero-order chi connectivity index (χ0) is 40.8. The highest BCUT2D eigenvalue weighted by molar-refractivity contribution is 7.25. The van der Waals surface area contributed by atoms with Gasteiger partial charge in [-0.25, -0.2) is 15.0 Å². The van der Waals surface area contributed by atoms with E-state index in [9.17, 15) is 0 Å². The maximum atomic E-state index is 5.20. The van der Waals surface area contributed by atoms with E-state index in [4.69, 9.17) is 15.0 Å². The smallest absolute Gasteiger partial charge is 0.164 e. The lowest BCUT2D eigenvalue weighted by atomic mass is 9.70. The summed E-state index contributed by atoms with van der Waals surface area (Å²) in [5, 5.41) is 2.52. The van der Waals surface area contributed by atoms with E-state index in [-0.39, 0.29) is 5.41 Å². The van der Waals surface area contributed by atoms with E-state index in [0.717, 1.165) is 27.8 Å². The zero-order valence-electron chi connectivity index (χ0n) is 33.5. The van der Waals surface area contributed by atoms with Gasteiger partial charge in [0.15, 0.2) is 17.5 Å². The third-order valence-electron chi connectivity index (χ3n) is 13.0. The van der Waals surface area contributed by atoms with Crippen molar-refractivity contribution in [3.05, 3.63) is 235 Å². The van der Waals surface area contributed by atoms with Gasteiger partial charge < -0.3 is 0 Å². The van der Waals surface area contributed by atoms with E-state index in [2.05, 4.69) is 194 Å². The van der Waals surface area contributed by atoms with Crippen LogP contribution in [0.15, 0.2) is 212 Å². The minimum atomic E-state index is -0.341. The molecule has 13 rings (SSSR count). The van der Waals surface area contributed by atoms with Gasteiger partial charge in [0.05, 0.1) is 5.41 Å². The molecule has 0 fully saturated rings. The van der Waals surface area contributed by atoms with Gasteiger partial charge in [-0.2, -0.15) is 0 Å². The quantitative estimate of drug-likeness (QED) is 0.174. The summed E-state index contributed by atoms with van der Waals surface area (Å²) < 4.78 is 2.49. The standard InChI is InChI=1S/C58H35N3S/c1-2-14-38(15-3-1)55-59-56(40-30-32-46-45-20-9-13-25-53(45)62-54(46)35-40)61-57(60-55)47-21-5-4-16-41(47)37-28-26-36(27-29-37)39-31-33-52-48(34-39)44-19-8-12-24-51(44)58(52)49-22-10-6-17-42(49)43-18-7-11-23-50(43)58/h1-35H. The Morgan fingerprint density at radius 1 is 0.274 bits per heavy atom. The fourth-order valence-electron chi connectivity index (χ4n) is 10.3. The third-order valence-corrected chi connectivity index (χ3v) is 14.1. The second-order valence-electron chi connectivity index (χ2n) is 16.3. The Morgan fingerprint density at radius 2 is 0.758 bits per heavy atom. The van der Waals surface area contributed by atoms with Crippen LogP contribution in [0.25, 0.3) is 98.8 Å². The van der Waals surface area contributed by atoms with Gasteiger partial charge in [-0.1, -0.05) is 194 Å². The van der Waals surface area contributed by atoms with Gasteiger partial charge in [0, 0.05) is 36.9 Å². The number of benzene rings is 9. The molecule has 0 saturated carbocycles. The molecular weight excluding hydrogens is 771 g/mol. The molecule has 0 amide bonds. The summed E-state index contributed by atoms with van der Waals surface area (Å²) in [5.74, 6) is 1.95. The SMILES string of the molecule is c1ccc(-c2nc(-c3ccc4c(c3)sc3ccccc34)nc(-c3ccccc3-c3ccc(-c4ccc5c(c4)-c4ccccc4C54c5ccccc5-c5ccccc54)cc3)n2)cc1. The Kier molecular flexibility index (Phi) is 7.69. The number of nitrogens with zero attached hydrogens (tertiary/aromatic N) is 3. The zero-order valence-corrected chi connectivity index (χ0v) is 34.3. The summed E-state index contributed by atoms with van der Waals surface area (Å²) in [6.45, 7) is 0.